The van der Waals surface area contributed by atoms with Crippen molar-refractivity contribution >= 4 is 5.91 Å². The highest BCUT2D eigenvalue weighted by Crippen LogP contribution is 2.27. The standard InChI is InChI=1S/C18H21N7O/c1-23-16(13-25-9-3-8-20-25)21-22-17(23)14-5-10-24(11-6-14)18(26)15-4-2-7-19-12-15/h2-4,7-9,12,14H,5-6,10-11,13H2,1H3. The van der Waals surface area contributed by atoms with Crippen LogP contribution in [0.2, 0.25) is 0 Å². The molecule has 1 saturated heterocycles. The van der Waals surface area contributed by atoms with Gasteiger partial charge in [0.15, 0.2) is 5.82 Å². The molecule has 0 bridgehead atoms. The molecule has 26 heavy (non-hydrogen) atoms. The average molecular weight is 351 g/mol. The number of rotatable bonds is 4. The number of aromatic nitrogens is 6. The van der Waals surface area contributed by atoms with E-state index in [1.807, 2.05) is 35.0 Å². The van der Waals surface area contributed by atoms with Gasteiger partial charge in [0.05, 0.1) is 5.56 Å². The summed E-state index contributed by atoms with van der Waals surface area (Å²) >= 11 is 0. The van der Waals surface area contributed by atoms with Gasteiger partial charge in [-0.2, -0.15) is 5.10 Å². The lowest BCUT2D eigenvalue weighted by Gasteiger charge is -2.31. The summed E-state index contributed by atoms with van der Waals surface area (Å²) in [5.74, 6) is 2.24. The van der Waals surface area contributed by atoms with E-state index in [9.17, 15) is 4.79 Å². The Hall–Kier alpha value is -3.03. The Kier molecular flexibility index (Phi) is 4.47. The van der Waals surface area contributed by atoms with Crippen molar-refractivity contribution in [2.24, 2.45) is 7.05 Å². The number of carbonyl (C=O) groups is 1. The molecule has 3 aromatic rings. The Balaban J connectivity index is 1.40. The summed E-state index contributed by atoms with van der Waals surface area (Å²) in [7, 11) is 2.00. The third kappa shape index (κ3) is 3.22. The molecule has 0 saturated carbocycles. The SMILES string of the molecule is Cn1c(Cn2cccn2)nnc1C1CCN(C(=O)c2cccnc2)CC1. The molecule has 0 aliphatic carbocycles. The minimum absolute atomic E-state index is 0.0499. The number of carbonyl (C=O) groups excluding carboxylic acids is 1. The molecule has 0 atom stereocenters. The van der Waals surface area contributed by atoms with Crippen LogP contribution in [-0.2, 0) is 13.6 Å². The molecule has 4 heterocycles. The lowest BCUT2D eigenvalue weighted by atomic mass is 9.95. The predicted molar refractivity (Wildman–Crippen MR) is 94.4 cm³/mol. The number of nitrogens with zero attached hydrogens (tertiary/aromatic N) is 7. The van der Waals surface area contributed by atoms with Crippen LogP contribution in [0.25, 0.3) is 0 Å². The summed E-state index contributed by atoms with van der Waals surface area (Å²) in [5, 5.41) is 13.0. The monoisotopic (exact) mass is 351 g/mol. The van der Waals surface area contributed by atoms with Crippen molar-refractivity contribution in [1.82, 2.24) is 34.4 Å². The van der Waals surface area contributed by atoms with Crippen molar-refractivity contribution in [2.75, 3.05) is 13.1 Å². The van der Waals surface area contributed by atoms with E-state index in [0.717, 1.165) is 37.6 Å². The zero-order chi connectivity index (χ0) is 17.9. The predicted octanol–water partition coefficient (Wildman–Crippen LogP) is 1.47. The van der Waals surface area contributed by atoms with E-state index in [1.54, 1.807) is 24.7 Å². The van der Waals surface area contributed by atoms with Gasteiger partial charge in [0, 0.05) is 50.8 Å². The second kappa shape index (κ2) is 7.07. The summed E-state index contributed by atoms with van der Waals surface area (Å²) in [6.07, 6.45) is 8.75. The molecule has 0 aromatic carbocycles. The van der Waals surface area contributed by atoms with Crippen molar-refractivity contribution in [2.45, 2.75) is 25.3 Å². The molecular formula is C18H21N7O. The molecule has 0 radical (unpaired) electrons. The Morgan fingerprint density at radius 3 is 2.73 bits per heavy atom. The van der Waals surface area contributed by atoms with Crippen LogP contribution < -0.4 is 0 Å². The maximum Gasteiger partial charge on any atom is 0.255 e. The van der Waals surface area contributed by atoms with Crippen LogP contribution in [0.1, 0.15) is 40.8 Å². The van der Waals surface area contributed by atoms with Gasteiger partial charge in [-0.1, -0.05) is 0 Å². The lowest BCUT2D eigenvalue weighted by molar-refractivity contribution is 0.0710. The number of amides is 1. The highest BCUT2D eigenvalue weighted by atomic mass is 16.2. The maximum absolute atomic E-state index is 12.5. The first-order valence-corrected chi connectivity index (χ1v) is 8.77. The largest absolute Gasteiger partial charge is 0.339 e. The molecular weight excluding hydrogens is 330 g/mol. The number of hydrogen-bond donors (Lipinski definition) is 0. The van der Waals surface area contributed by atoms with E-state index in [4.69, 9.17) is 0 Å². The van der Waals surface area contributed by atoms with Crippen LogP contribution in [0, 0.1) is 0 Å². The molecule has 1 amide bonds. The van der Waals surface area contributed by atoms with E-state index in [1.165, 1.54) is 0 Å². The second-order valence-corrected chi connectivity index (χ2v) is 6.55. The van der Waals surface area contributed by atoms with Crippen molar-refractivity contribution in [3.63, 3.8) is 0 Å². The fourth-order valence-corrected chi connectivity index (χ4v) is 3.42. The molecule has 1 aliphatic heterocycles. The Morgan fingerprint density at radius 1 is 1.19 bits per heavy atom. The number of hydrogen-bond acceptors (Lipinski definition) is 5. The summed E-state index contributed by atoms with van der Waals surface area (Å²) in [4.78, 5) is 18.5. The molecule has 134 valence electrons. The zero-order valence-corrected chi connectivity index (χ0v) is 14.7. The van der Waals surface area contributed by atoms with Crippen molar-refractivity contribution < 1.29 is 4.79 Å². The van der Waals surface area contributed by atoms with Crippen LogP contribution >= 0.6 is 0 Å². The molecule has 0 unspecified atom stereocenters. The number of likely N-dealkylation sites (tertiary alicyclic amines) is 1. The molecule has 1 aliphatic rings. The third-order valence-electron chi connectivity index (χ3n) is 4.92. The summed E-state index contributed by atoms with van der Waals surface area (Å²) in [6, 6.07) is 5.50. The second-order valence-electron chi connectivity index (χ2n) is 6.55. The number of piperidine rings is 1. The van der Waals surface area contributed by atoms with Crippen LogP contribution in [0.4, 0.5) is 0 Å². The summed E-state index contributed by atoms with van der Waals surface area (Å²) < 4.78 is 3.90. The van der Waals surface area contributed by atoms with Crippen molar-refractivity contribution in [1.29, 1.82) is 0 Å². The van der Waals surface area contributed by atoms with E-state index in [-0.39, 0.29) is 5.91 Å². The first-order chi connectivity index (χ1) is 12.7. The summed E-state index contributed by atoms with van der Waals surface area (Å²) in [5.41, 5.74) is 0.645. The smallest absolute Gasteiger partial charge is 0.255 e. The van der Waals surface area contributed by atoms with Crippen LogP contribution in [0.3, 0.4) is 0 Å². The van der Waals surface area contributed by atoms with Crippen LogP contribution in [0.15, 0.2) is 43.0 Å². The van der Waals surface area contributed by atoms with E-state index < -0.39 is 0 Å². The minimum Gasteiger partial charge on any atom is -0.339 e. The molecule has 8 nitrogen and oxygen atoms in total. The van der Waals surface area contributed by atoms with Crippen LogP contribution in [0.5, 0.6) is 0 Å². The molecule has 3 aromatic heterocycles. The van der Waals surface area contributed by atoms with Gasteiger partial charge < -0.3 is 9.47 Å². The first-order valence-electron chi connectivity index (χ1n) is 8.77. The highest BCUT2D eigenvalue weighted by Gasteiger charge is 2.27. The Morgan fingerprint density at radius 2 is 2.04 bits per heavy atom. The van der Waals surface area contributed by atoms with Gasteiger partial charge in [0.1, 0.15) is 12.4 Å². The molecule has 1 fully saturated rings. The summed E-state index contributed by atoms with van der Waals surface area (Å²) in [6.45, 7) is 2.05. The first kappa shape index (κ1) is 16.4. The van der Waals surface area contributed by atoms with Gasteiger partial charge in [-0.3, -0.25) is 14.5 Å². The fourth-order valence-electron chi connectivity index (χ4n) is 3.42. The van der Waals surface area contributed by atoms with E-state index in [0.29, 0.717) is 18.0 Å². The number of pyridine rings is 1. The molecule has 0 N–H and O–H groups in total. The van der Waals surface area contributed by atoms with Gasteiger partial charge in [-0.15, -0.1) is 10.2 Å². The van der Waals surface area contributed by atoms with E-state index in [2.05, 4.69) is 24.8 Å². The maximum atomic E-state index is 12.5. The highest BCUT2D eigenvalue weighted by molar-refractivity contribution is 5.93. The quantitative estimate of drug-likeness (QED) is 0.711. The topological polar surface area (TPSA) is 81.7 Å². The normalized spacial score (nSPS) is 15.3. The zero-order valence-electron chi connectivity index (χ0n) is 14.7. The van der Waals surface area contributed by atoms with Gasteiger partial charge >= 0.3 is 0 Å². The molecule has 0 spiro atoms. The fraction of sp³-hybridized carbons (Fsp3) is 0.389. The van der Waals surface area contributed by atoms with Crippen LogP contribution in [-0.4, -0.2) is 53.4 Å². The van der Waals surface area contributed by atoms with Gasteiger partial charge in [-0.25, -0.2) is 0 Å². The Bertz CT molecular complexity index is 864. The lowest BCUT2D eigenvalue weighted by Crippen LogP contribution is -2.38. The molecule has 4 rings (SSSR count). The average Bonchev–Trinajstić information content (AvgIpc) is 3.33. The van der Waals surface area contributed by atoms with Gasteiger partial charge in [0.25, 0.3) is 5.91 Å². The van der Waals surface area contributed by atoms with E-state index >= 15 is 0 Å². The molecule has 8 heteroatoms. The van der Waals surface area contributed by atoms with Crippen molar-refractivity contribution in [3.8, 4) is 0 Å². The minimum atomic E-state index is 0.0499. The van der Waals surface area contributed by atoms with Gasteiger partial charge in [0.2, 0.25) is 0 Å². The van der Waals surface area contributed by atoms with Crippen molar-refractivity contribution in [3.05, 3.63) is 60.2 Å². The van der Waals surface area contributed by atoms with Gasteiger partial charge in [-0.05, 0) is 31.0 Å². The Labute approximate surface area is 151 Å². The third-order valence-corrected chi connectivity index (χ3v) is 4.92.